The molecule has 2 fully saturated rings. The maximum Gasteiger partial charge on any atom is 0.0569 e. The van der Waals surface area contributed by atoms with E-state index in [0.717, 1.165) is 19.8 Å². The van der Waals surface area contributed by atoms with Crippen LogP contribution in [-0.2, 0) is 4.74 Å². The molecule has 0 atom stereocenters. The van der Waals surface area contributed by atoms with Gasteiger partial charge in [0.15, 0.2) is 0 Å². The zero-order chi connectivity index (χ0) is 7.03. The number of hydrogen-bond acceptors (Lipinski definition) is 2. The van der Waals surface area contributed by atoms with Crippen LogP contribution in [-0.4, -0.2) is 37.7 Å². The molecule has 0 radical (unpaired) electrons. The molecule has 2 saturated heterocycles. The van der Waals surface area contributed by atoms with Crippen LogP contribution in [0.25, 0.3) is 0 Å². The van der Waals surface area contributed by atoms with Crippen molar-refractivity contribution >= 4 is 0 Å². The molecule has 2 nitrogen and oxygen atoms in total. The summed E-state index contributed by atoms with van der Waals surface area (Å²) < 4.78 is 5.15. The maximum atomic E-state index is 5.15. The Bertz CT molecular complexity index is 143. The molecule has 0 amide bonds. The molecule has 10 heavy (non-hydrogen) atoms. The van der Waals surface area contributed by atoms with Crippen molar-refractivity contribution in [3.63, 3.8) is 0 Å². The summed E-state index contributed by atoms with van der Waals surface area (Å²) >= 11 is 0. The normalized spacial score (nSPS) is 29.2. The van der Waals surface area contributed by atoms with Gasteiger partial charge >= 0.3 is 0 Å². The van der Waals surface area contributed by atoms with Crippen LogP contribution in [0.2, 0.25) is 0 Å². The SMILES string of the molecule is C=CCN1CC2(COC2)C1. The van der Waals surface area contributed by atoms with Gasteiger partial charge in [-0.3, -0.25) is 4.90 Å². The molecule has 56 valence electrons. The third-order valence-corrected chi connectivity index (χ3v) is 2.32. The summed E-state index contributed by atoms with van der Waals surface area (Å²) in [5, 5.41) is 0. The van der Waals surface area contributed by atoms with Crippen LogP contribution < -0.4 is 0 Å². The van der Waals surface area contributed by atoms with Gasteiger partial charge in [0.05, 0.1) is 13.2 Å². The molecule has 0 bridgehead atoms. The minimum absolute atomic E-state index is 0.572. The molecule has 2 aliphatic heterocycles. The van der Waals surface area contributed by atoms with Gasteiger partial charge in [-0.2, -0.15) is 0 Å². The zero-order valence-electron chi connectivity index (χ0n) is 6.18. The van der Waals surface area contributed by atoms with Crippen LogP contribution in [0.4, 0.5) is 0 Å². The van der Waals surface area contributed by atoms with Crippen molar-refractivity contribution < 1.29 is 4.74 Å². The first kappa shape index (κ1) is 6.38. The summed E-state index contributed by atoms with van der Waals surface area (Å²) in [6.07, 6.45) is 1.96. The molecule has 1 spiro atoms. The highest BCUT2D eigenvalue weighted by Gasteiger charge is 2.48. The Morgan fingerprint density at radius 2 is 2.20 bits per heavy atom. The summed E-state index contributed by atoms with van der Waals surface area (Å²) in [4.78, 5) is 2.40. The molecule has 2 rings (SSSR count). The minimum Gasteiger partial charge on any atom is -0.380 e. The summed E-state index contributed by atoms with van der Waals surface area (Å²) in [6.45, 7) is 9.16. The quantitative estimate of drug-likeness (QED) is 0.517. The molecule has 0 aromatic heterocycles. The van der Waals surface area contributed by atoms with Crippen molar-refractivity contribution in [2.24, 2.45) is 5.41 Å². The molecule has 0 N–H and O–H groups in total. The van der Waals surface area contributed by atoms with Gasteiger partial charge in [-0.15, -0.1) is 6.58 Å². The van der Waals surface area contributed by atoms with Crippen LogP contribution in [0.1, 0.15) is 0 Å². The average molecular weight is 139 g/mol. The van der Waals surface area contributed by atoms with Crippen LogP contribution in [0.3, 0.4) is 0 Å². The van der Waals surface area contributed by atoms with E-state index in [1.807, 2.05) is 6.08 Å². The van der Waals surface area contributed by atoms with E-state index in [2.05, 4.69) is 11.5 Å². The standard InChI is InChI=1S/C8H13NO/c1-2-3-9-4-8(5-9)6-10-7-8/h2H,1,3-7H2. The Hall–Kier alpha value is -0.340. The monoisotopic (exact) mass is 139 g/mol. The van der Waals surface area contributed by atoms with Crippen LogP contribution >= 0.6 is 0 Å². The van der Waals surface area contributed by atoms with E-state index < -0.39 is 0 Å². The summed E-state index contributed by atoms with van der Waals surface area (Å²) in [6, 6.07) is 0. The fourth-order valence-electron chi connectivity index (χ4n) is 1.79. The first-order valence-corrected chi connectivity index (χ1v) is 3.76. The Kier molecular flexibility index (Phi) is 1.32. The Balaban J connectivity index is 1.77. The third kappa shape index (κ3) is 0.796. The predicted molar refractivity (Wildman–Crippen MR) is 39.9 cm³/mol. The van der Waals surface area contributed by atoms with Gasteiger partial charge in [-0.25, -0.2) is 0 Å². The Morgan fingerprint density at radius 3 is 2.60 bits per heavy atom. The molecular formula is C8H13NO. The maximum absolute atomic E-state index is 5.15. The highest BCUT2D eigenvalue weighted by Crippen LogP contribution is 2.36. The van der Waals surface area contributed by atoms with Crippen molar-refractivity contribution in [1.82, 2.24) is 4.90 Å². The Labute approximate surface area is 61.5 Å². The lowest BCUT2D eigenvalue weighted by molar-refractivity contribution is -0.186. The van der Waals surface area contributed by atoms with E-state index in [-0.39, 0.29) is 0 Å². The van der Waals surface area contributed by atoms with Crippen LogP contribution in [0.5, 0.6) is 0 Å². The number of rotatable bonds is 2. The lowest BCUT2D eigenvalue weighted by atomic mass is 9.78. The highest BCUT2D eigenvalue weighted by molar-refractivity contribution is 5.00. The van der Waals surface area contributed by atoms with Crippen molar-refractivity contribution in [3.05, 3.63) is 12.7 Å². The molecule has 2 heterocycles. The highest BCUT2D eigenvalue weighted by atomic mass is 16.5. The van der Waals surface area contributed by atoms with Gasteiger partial charge in [-0.05, 0) is 0 Å². The fraction of sp³-hybridized carbons (Fsp3) is 0.750. The lowest BCUT2D eigenvalue weighted by Crippen LogP contribution is -2.65. The van der Waals surface area contributed by atoms with Crippen molar-refractivity contribution in [1.29, 1.82) is 0 Å². The van der Waals surface area contributed by atoms with Gasteiger partial charge in [-0.1, -0.05) is 6.08 Å². The second kappa shape index (κ2) is 2.07. The van der Waals surface area contributed by atoms with Crippen molar-refractivity contribution in [3.8, 4) is 0 Å². The van der Waals surface area contributed by atoms with Gasteiger partial charge in [0.25, 0.3) is 0 Å². The number of ether oxygens (including phenoxy) is 1. The molecule has 0 saturated carbocycles. The summed E-state index contributed by atoms with van der Waals surface area (Å²) in [5.74, 6) is 0. The summed E-state index contributed by atoms with van der Waals surface area (Å²) in [5.41, 5.74) is 0.572. The predicted octanol–water partition coefficient (Wildman–Crippen LogP) is 0.505. The van der Waals surface area contributed by atoms with Gasteiger partial charge in [0.1, 0.15) is 0 Å². The van der Waals surface area contributed by atoms with Crippen molar-refractivity contribution in [2.45, 2.75) is 0 Å². The first-order valence-electron chi connectivity index (χ1n) is 3.76. The number of likely N-dealkylation sites (tertiary alicyclic amines) is 1. The molecule has 0 aliphatic carbocycles. The topological polar surface area (TPSA) is 12.5 Å². The molecule has 0 aromatic carbocycles. The van der Waals surface area contributed by atoms with Gasteiger partial charge < -0.3 is 4.74 Å². The Morgan fingerprint density at radius 1 is 1.50 bits per heavy atom. The summed E-state index contributed by atoms with van der Waals surface area (Å²) in [7, 11) is 0. The van der Waals surface area contributed by atoms with Crippen molar-refractivity contribution in [2.75, 3.05) is 32.8 Å². The number of hydrogen-bond donors (Lipinski definition) is 0. The van der Waals surface area contributed by atoms with Crippen LogP contribution in [0.15, 0.2) is 12.7 Å². The average Bonchev–Trinajstić information content (AvgIpc) is 1.72. The van der Waals surface area contributed by atoms with E-state index in [0.29, 0.717) is 5.41 Å². The third-order valence-electron chi connectivity index (χ3n) is 2.32. The molecule has 0 aromatic rings. The lowest BCUT2D eigenvalue weighted by Gasteiger charge is -2.54. The largest absolute Gasteiger partial charge is 0.380 e. The van der Waals surface area contributed by atoms with Gasteiger partial charge in [0, 0.05) is 25.0 Å². The second-order valence-electron chi connectivity index (χ2n) is 3.45. The van der Waals surface area contributed by atoms with Gasteiger partial charge in [0.2, 0.25) is 0 Å². The number of nitrogens with zero attached hydrogens (tertiary/aromatic N) is 1. The van der Waals surface area contributed by atoms with Crippen LogP contribution in [0, 0.1) is 5.41 Å². The van der Waals surface area contributed by atoms with E-state index in [9.17, 15) is 0 Å². The van der Waals surface area contributed by atoms with E-state index in [1.165, 1.54) is 13.1 Å². The smallest absolute Gasteiger partial charge is 0.0569 e. The van der Waals surface area contributed by atoms with E-state index >= 15 is 0 Å². The molecule has 0 unspecified atom stereocenters. The van der Waals surface area contributed by atoms with E-state index in [1.54, 1.807) is 0 Å². The molecule has 2 aliphatic rings. The first-order chi connectivity index (χ1) is 4.85. The fourth-order valence-corrected chi connectivity index (χ4v) is 1.79. The van der Waals surface area contributed by atoms with E-state index in [4.69, 9.17) is 4.74 Å². The molecular weight excluding hydrogens is 126 g/mol. The zero-order valence-corrected chi connectivity index (χ0v) is 6.18. The molecule has 2 heteroatoms. The minimum atomic E-state index is 0.572. The second-order valence-corrected chi connectivity index (χ2v) is 3.45.